The standard InChI is InChI=1S/C17H14ClIN2O2/c1-21-15-7-4-11(18)9-13(15)16(22)20-14(17(21)23)8-10-2-5-12(19)6-3-10/h2-7,9,14H,8H2,1H3,(H,20,22)/t14-/m0/s1. The first kappa shape index (κ1) is 16.3. The largest absolute Gasteiger partial charge is 0.340 e. The van der Waals surface area contributed by atoms with Gasteiger partial charge in [0.2, 0.25) is 5.91 Å². The predicted molar refractivity (Wildman–Crippen MR) is 99.0 cm³/mol. The fraction of sp³-hybridized carbons (Fsp3) is 0.176. The Balaban J connectivity index is 1.92. The molecule has 2 aromatic rings. The molecule has 0 aliphatic carbocycles. The predicted octanol–water partition coefficient (Wildman–Crippen LogP) is 3.26. The topological polar surface area (TPSA) is 49.4 Å². The average Bonchev–Trinajstić information content (AvgIpc) is 2.61. The van der Waals surface area contributed by atoms with Crippen LogP contribution in [0.4, 0.5) is 5.69 Å². The third-order valence-corrected chi connectivity index (χ3v) is 4.81. The number of amides is 2. The summed E-state index contributed by atoms with van der Waals surface area (Å²) in [5.41, 5.74) is 1.99. The smallest absolute Gasteiger partial charge is 0.254 e. The molecule has 1 aliphatic heterocycles. The van der Waals surface area contributed by atoms with Gasteiger partial charge in [-0.3, -0.25) is 9.59 Å². The Hall–Kier alpha value is -1.60. The molecule has 4 nitrogen and oxygen atoms in total. The molecule has 118 valence electrons. The van der Waals surface area contributed by atoms with E-state index in [0.717, 1.165) is 9.13 Å². The highest BCUT2D eigenvalue weighted by molar-refractivity contribution is 14.1. The number of anilines is 1. The maximum absolute atomic E-state index is 12.7. The van der Waals surface area contributed by atoms with Crippen molar-refractivity contribution in [1.29, 1.82) is 0 Å². The molecule has 6 heteroatoms. The van der Waals surface area contributed by atoms with Crippen LogP contribution in [0.5, 0.6) is 0 Å². The minimum absolute atomic E-state index is 0.141. The molecular weight excluding hydrogens is 427 g/mol. The number of carbonyl (C=O) groups excluding carboxylic acids is 2. The van der Waals surface area contributed by atoms with Crippen molar-refractivity contribution >= 4 is 51.7 Å². The fourth-order valence-electron chi connectivity index (χ4n) is 2.63. The zero-order valence-electron chi connectivity index (χ0n) is 12.3. The lowest BCUT2D eigenvalue weighted by molar-refractivity contribution is -0.120. The van der Waals surface area contributed by atoms with E-state index in [0.29, 0.717) is 22.7 Å². The van der Waals surface area contributed by atoms with Crippen LogP contribution in [-0.2, 0) is 11.2 Å². The van der Waals surface area contributed by atoms with E-state index in [-0.39, 0.29) is 11.8 Å². The van der Waals surface area contributed by atoms with Crippen LogP contribution < -0.4 is 10.2 Å². The van der Waals surface area contributed by atoms with Crippen molar-refractivity contribution in [3.05, 3.63) is 62.2 Å². The number of rotatable bonds is 2. The molecule has 0 spiro atoms. The van der Waals surface area contributed by atoms with E-state index in [4.69, 9.17) is 11.6 Å². The van der Waals surface area contributed by atoms with Gasteiger partial charge in [-0.15, -0.1) is 0 Å². The second-order valence-electron chi connectivity index (χ2n) is 5.42. The Morgan fingerprint density at radius 3 is 2.57 bits per heavy atom. The number of likely N-dealkylation sites (N-methyl/N-ethyl adjacent to an activating group) is 1. The van der Waals surface area contributed by atoms with Crippen LogP contribution in [0.3, 0.4) is 0 Å². The van der Waals surface area contributed by atoms with Crippen LogP contribution >= 0.6 is 34.2 Å². The Labute approximate surface area is 153 Å². The highest BCUT2D eigenvalue weighted by atomic mass is 127. The van der Waals surface area contributed by atoms with E-state index >= 15 is 0 Å². The highest BCUT2D eigenvalue weighted by Gasteiger charge is 2.31. The lowest BCUT2D eigenvalue weighted by atomic mass is 10.1. The van der Waals surface area contributed by atoms with Gasteiger partial charge < -0.3 is 10.2 Å². The Kier molecular flexibility index (Phi) is 4.59. The first-order valence-electron chi connectivity index (χ1n) is 7.08. The van der Waals surface area contributed by atoms with E-state index in [9.17, 15) is 9.59 Å². The molecule has 2 amide bonds. The molecule has 1 aliphatic rings. The van der Waals surface area contributed by atoms with Crippen molar-refractivity contribution in [1.82, 2.24) is 5.32 Å². The summed E-state index contributed by atoms with van der Waals surface area (Å²) in [6.45, 7) is 0. The minimum atomic E-state index is -0.598. The number of hydrogen-bond acceptors (Lipinski definition) is 2. The maximum atomic E-state index is 12.7. The number of nitrogens with one attached hydrogen (secondary N) is 1. The summed E-state index contributed by atoms with van der Waals surface area (Å²) in [6, 6.07) is 12.3. The van der Waals surface area contributed by atoms with Crippen molar-refractivity contribution in [2.75, 3.05) is 11.9 Å². The van der Waals surface area contributed by atoms with E-state index in [1.54, 1.807) is 25.2 Å². The van der Waals surface area contributed by atoms with Crippen LogP contribution in [0, 0.1) is 3.57 Å². The Morgan fingerprint density at radius 1 is 1.17 bits per heavy atom. The van der Waals surface area contributed by atoms with Crippen LogP contribution in [-0.4, -0.2) is 24.9 Å². The second-order valence-corrected chi connectivity index (χ2v) is 7.10. The van der Waals surface area contributed by atoms with Crippen molar-refractivity contribution in [3.63, 3.8) is 0 Å². The van der Waals surface area contributed by atoms with Gasteiger partial charge in [0.1, 0.15) is 6.04 Å². The van der Waals surface area contributed by atoms with Gasteiger partial charge in [0.25, 0.3) is 5.91 Å². The van der Waals surface area contributed by atoms with E-state index < -0.39 is 6.04 Å². The second kappa shape index (κ2) is 6.49. The number of benzene rings is 2. The van der Waals surface area contributed by atoms with Gasteiger partial charge in [-0.1, -0.05) is 23.7 Å². The molecule has 23 heavy (non-hydrogen) atoms. The molecule has 0 aromatic heterocycles. The van der Waals surface area contributed by atoms with Gasteiger partial charge in [-0.25, -0.2) is 0 Å². The first-order chi connectivity index (χ1) is 11.0. The third-order valence-electron chi connectivity index (χ3n) is 3.85. The maximum Gasteiger partial charge on any atom is 0.254 e. The van der Waals surface area contributed by atoms with Gasteiger partial charge in [-0.2, -0.15) is 0 Å². The lowest BCUT2D eigenvalue weighted by Crippen LogP contribution is -2.45. The molecule has 0 saturated heterocycles. The molecular formula is C17H14ClIN2O2. The number of halogens is 2. The molecule has 0 bridgehead atoms. The highest BCUT2D eigenvalue weighted by Crippen LogP contribution is 2.27. The first-order valence-corrected chi connectivity index (χ1v) is 8.54. The van der Waals surface area contributed by atoms with Crippen molar-refractivity contribution in [3.8, 4) is 0 Å². The molecule has 0 radical (unpaired) electrons. The summed E-state index contributed by atoms with van der Waals surface area (Å²) in [5.74, 6) is -0.423. The summed E-state index contributed by atoms with van der Waals surface area (Å²) in [5, 5.41) is 3.28. The van der Waals surface area contributed by atoms with Crippen molar-refractivity contribution in [2.45, 2.75) is 12.5 Å². The van der Waals surface area contributed by atoms with Gasteiger partial charge in [0, 0.05) is 22.1 Å². The average molecular weight is 441 g/mol. The van der Waals surface area contributed by atoms with Gasteiger partial charge in [0.05, 0.1) is 11.3 Å². The minimum Gasteiger partial charge on any atom is -0.340 e. The van der Waals surface area contributed by atoms with Crippen LogP contribution in [0.2, 0.25) is 5.02 Å². The molecule has 2 aromatic carbocycles. The lowest BCUT2D eigenvalue weighted by Gasteiger charge is -2.21. The van der Waals surface area contributed by atoms with Crippen LogP contribution in [0.1, 0.15) is 15.9 Å². The van der Waals surface area contributed by atoms with Gasteiger partial charge >= 0.3 is 0 Å². The quantitative estimate of drug-likeness (QED) is 0.729. The van der Waals surface area contributed by atoms with Crippen LogP contribution in [0.25, 0.3) is 0 Å². The molecule has 3 rings (SSSR count). The zero-order valence-corrected chi connectivity index (χ0v) is 15.3. The third kappa shape index (κ3) is 3.35. The molecule has 0 unspecified atom stereocenters. The Morgan fingerprint density at radius 2 is 1.87 bits per heavy atom. The van der Waals surface area contributed by atoms with E-state index in [1.165, 1.54) is 4.90 Å². The summed E-state index contributed by atoms with van der Waals surface area (Å²) in [4.78, 5) is 26.7. The number of hydrogen-bond donors (Lipinski definition) is 1. The van der Waals surface area contributed by atoms with Gasteiger partial charge in [-0.05, 0) is 58.5 Å². The normalized spacial score (nSPS) is 17.5. The molecule has 1 heterocycles. The molecule has 1 atom stereocenters. The summed E-state index contributed by atoms with van der Waals surface area (Å²) in [6.07, 6.45) is 0.452. The number of carbonyl (C=O) groups is 2. The van der Waals surface area contributed by atoms with Crippen molar-refractivity contribution in [2.24, 2.45) is 0 Å². The fourth-order valence-corrected chi connectivity index (χ4v) is 3.16. The van der Waals surface area contributed by atoms with Gasteiger partial charge in [0.15, 0.2) is 0 Å². The number of nitrogens with zero attached hydrogens (tertiary/aromatic N) is 1. The van der Waals surface area contributed by atoms with E-state index in [1.807, 2.05) is 24.3 Å². The summed E-state index contributed by atoms with van der Waals surface area (Å²) < 4.78 is 1.13. The van der Waals surface area contributed by atoms with E-state index in [2.05, 4.69) is 27.9 Å². The number of fused-ring (bicyclic) bond motifs is 1. The zero-order chi connectivity index (χ0) is 16.6. The SMILES string of the molecule is CN1C(=O)[C@H](Cc2ccc(I)cc2)NC(=O)c2cc(Cl)ccc21. The van der Waals surface area contributed by atoms with Crippen LogP contribution in [0.15, 0.2) is 42.5 Å². The summed E-state index contributed by atoms with van der Waals surface area (Å²) >= 11 is 8.21. The summed E-state index contributed by atoms with van der Waals surface area (Å²) in [7, 11) is 1.68. The molecule has 0 saturated carbocycles. The molecule has 0 fully saturated rings. The monoisotopic (exact) mass is 440 g/mol. The van der Waals surface area contributed by atoms with Crippen molar-refractivity contribution < 1.29 is 9.59 Å². The molecule has 1 N–H and O–H groups in total. The Bertz CT molecular complexity index is 777.